The van der Waals surface area contributed by atoms with Crippen LogP contribution in [-0.4, -0.2) is 11.9 Å². The summed E-state index contributed by atoms with van der Waals surface area (Å²) in [7, 11) is 0. The molecule has 0 atom stereocenters. The van der Waals surface area contributed by atoms with Gasteiger partial charge in [-0.2, -0.15) is 0 Å². The summed E-state index contributed by atoms with van der Waals surface area (Å²) in [6, 6.07) is 14.1. The highest BCUT2D eigenvalue weighted by Crippen LogP contribution is 2.38. The average Bonchev–Trinajstić information content (AvgIpc) is 2.83. The molecule has 6 heteroatoms. The van der Waals surface area contributed by atoms with Crippen molar-refractivity contribution < 1.29 is 29.1 Å². The molecule has 0 unspecified atom stereocenters. The van der Waals surface area contributed by atoms with E-state index in [0.29, 0.717) is 35.8 Å². The van der Waals surface area contributed by atoms with Gasteiger partial charge in [-0.05, 0) is 67.0 Å². The Morgan fingerprint density at radius 1 is 0.697 bits per heavy atom. The molecule has 0 aliphatic rings. The molecule has 0 fully saturated rings. The van der Waals surface area contributed by atoms with E-state index in [-0.39, 0.29) is 6.29 Å². The third-order valence-electron chi connectivity index (χ3n) is 5.80. The highest BCUT2D eigenvalue weighted by Gasteiger charge is 2.40. The lowest BCUT2D eigenvalue weighted by Crippen LogP contribution is -2.31. The van der Waals surface area contributed by atoms with E-state index in [1.165, 1.54) is 0 Å². The van der Waals surface area contributed by atoms with Crippen molar-refractivity contribution in [2.45, 2.75) is 66.2 Å². The largest absolute Gasteiger partial charge is 0.373 e. The Morgan fingerprint density at radius 2 is 1.03 bits per heavy atom. The predicted octanol–water partition coefficient (Wildman–Crippen LogP) is 6.94. The first-order chi connectivity index (χ1) is 15.6. The van der Waals surface area contributed by atoms with Crippen molar-refractivity contribution in [3.05, 3.63) is 84.0 Å². The SMILES string of the molecule is [CH2]C(CC)(CC)[C](OOC(=O)c1ccc(C(C)C)cc1)OOC(=O)c1ccc(C(C)C)cc1. The van der Waals surface area contributed by atoms with Crippen LogP contribution >= 0.6 is 0 Å². The van der Waals surface area contributed by atoms with Crippen LogP contribution in [0.25, 0.3) is 0 Å². The van der Waals surface area contributed by atoms with Gasteiger partial charge in [0.05, 0.1) is 11.1 Å². The molecule has 6 nitrogen and oxygen atoms in total. The van der Waals surface area contributed by atoms with Gasteiger partial charge in [0.25, 0.3) is 0 Å². The predicted molar refractivity (Wildman–Crippen MR) is 126 cm³/mol. The molecule has 178 valence electrons. The maximum atomic E-state index is 12.4. The van der Waals surface area contributed by atoms with Crippen LogP contribution in [0.4, 0.5) is 0 Å². The van der Waals surface area contributed by atoms with E-state index in [1.54, 1.807) is 24.3 Å². The van der Waals surface area contributed by atoms with Gasteiger partial charge in [0.15, 0.2) is 0 Å². The lowest BCUT2D eigenvalue weighted by Gasteiger charge is -2.30. The monoisotopic (exact) mass is 454 g/mol. The maximum absolute atomic E-state index is 12.4. The van der Waals surface area contributed by atoms with Crippen LogP contribution in [0.15, 0.2) is 48.5 Å². The van der Waals surface area contributed by atoms with Crippen molar-refractivity contribution in [3.63, 3.8) is 0 Å². The van der Waals surface area contributed by atoms with E-state index < -0.39 is 17.4 Å². The van der Waals surface area contributed by atoms with E-state index in [9.17, 15) is 9.59 Å². The number of hydrogen-bond donors (Lipinski definition) is 0. The molecule has 2 aromatic carbocycles. The number of carbonyl (C=O) groups excluding carboxylic acids is 2. The van der Waals surface area contributed by atoms with Crippen LogP contribution in [0, 0.1) is 18.6 Å². The van der Waals surface area contributed by atoms with Gasteiger partial charge in [0.1, 0.15) is 0 Å². The normalized spacial score (nSPS) is 11.8. The van der Waals surface area contributed by atoms with Gasteiger partial charge in [-0.3, -0.25) is 9.78 Å². The van der Waals surface area contributed by atoms with Crippen LogP contribution in [0.2, 0.25) is 0 Å². The molecule has 2 rings (SSSR count). The first-order valence-electron chi connectivity index (χ1n) is 11.3. The lowest BCUT2D eigenvalue weighted by molar-refractivity contribution is -0.381. The van der Waals surface area contributed by atoms with Gasteiger partial charge in [-0.15, -0.1) is 9.78 Å². The van der Waals surface area contributed by atoms with Gasteiger partial charge >= 0.3 is 18.2 Å². The smallest absolute Gasteiger partial charge is 0.289 e. The fraction of sp³-hybridized carbons (Fsp3) is 0.407. The van der Waals surface area contributed by atoms with Crippen LogP contribution in [0.3, 0.4) is 0 Å². The maximum Gasteiger partial charge on any atom is 0.373 e. The summed E-state index contributed by atoms with van der Waals surface area (Å²) in [6.45, 7) is 16.1. The standard InChI is InChI=1S/C27H34O6/c1-8-27(7,9-2)26(32-30-24(28)22-14-10-20(11-15-22)18(3)4)33-31-25(29)23-16-12-21(13-17-23)19(5)6/h10-19H,7-9H2,1-6H3. The zero-order valence-electron chi connectivity index (χ0n) is 20.3. The summed E-state index contributed by atoms with van der Waals surface area (Å²) < 4.78 is 0. The molecular weight excluding hydrogens is 420 g/mol. The topological polar surface area (TPSA) is 71.1 Å². The molecule has 0 N–H and O–H groups in total. The highest BCUT2D eigenvalue weighted by molar-refractivity contribution is 5.89. The summed E-state index contributed by atoms with van der Waals surface area (Å²) in [6.07, 6.45) is 0.798. The second-order valence-corrected chi connectivity index (χ2v) is 8.74. The van der Waals surface area contributed by atoms with Crippen molar-refractivity contribution in [2.24, 2.45) is 5.41 Å². The molecular formula is C27H34O6. The summed E-state index contributed by atoms with van der Waals surface area (Å²) >= 11 is 0. The minimum Gasteiger partial charge on any atom is -0.289 e. The Balaban J connectivity index is 2.05. The molecule has 0 saturated carbocycles. The molecule has 2 aromatic rings. The van der Waals surface area contributed by atoms with E-state index in [0.717, 1.165) is 11.1 Å². The Labute approximate surface area is 197 Å². The Hall–Kier alpha value is -2.70. The molecule has 0 aromatic heterocycles. The Morgan fingerprint density at radius 3 is 1.30 bits per heavy atom. The molecule has 0 heterocycles. The van der Waals surface area contributed by atoms with Gasteiger partial charge in [0, 0.05) is 5.41 Å². The first-order valence-corrected chi connectivity index (χ1v) is 11.3. The summed E-state index contributed by atoms with van der Waals surface area (Å²) in [5.74, 6) is -0.707. The molecule has 33 heavy (non-hydrogen) atoms. The molecule has 0 spiro atoms. The highest BCUT2D eigenvalue weighted by atomic mass is 17.3. The quantitative estimate of drug-likeness (QED) is 0.270. The summed E-state index contributed by atoms with van der Waals surface area (Å²) in [4.78, 5) is 45.3. The minimum atomic E-state index is -0.885. The fourth-order valence-corrected chi connectivity index (χ4v) is 2.99. The van der Waals surface area contributed by atoms with Crippen molar-refractivity contribution in [3.8, 4) is 0 Å². The number of benzene rings is 2. The van der Waals surface area contributed by atoms with E-state index in [2.05, 4.69) is 34.6 Å². The van der Waals surface area contributed by atoms with Gasteiger partial charge < -0.3 is 0 Å². The number of hydrogen-bond acceptors (Lipinski definition) is 6. The Bertz CT molecular complexity index is 828. The van der Waals surface area contributed by atoms with Crippen molar-refractivity contribution in [1.82, 2.24) is 0 Å². The second kappa shape index (κ2) is 12.0. The van der Waals surface area contributed by atoms with Crippen LogP contribution in [-0.2, 0) is 19.6 Å². The molecule has 0 saturated heterocycles. The summed E-state index contributed by atoms with van der Waals surface area (Å²) in [5, 5.41) is 0. The number of carbonyl (C=O) groups is 2. The molecule has 0 bridgehead atoms. The third kappa shape index (κ3) is 7.14. The summed E-state index contributed by atoms with van der Waals surface area (Å²) in [5.41, 5.74) is 1.96. The Kier molecular flexibility index (Phi) is 9.62. The van der Waals surface area contributed by atoms with Gasteiger partial charge in [0.2, 0.25) is 0 Å². The molecule has 0 aliphatic heterocycles. The van der Waals surface area contributed by atoms with E-state index >= 15 is 0 Å². The van der Waals surface area contributed by atoms with Crippen LogP contribution in [0.5, 0.6) is 0 Å². The van der Waals surface area contributed by atoms with Gasteiger partial charge in [-0.25, -0.2) is 9.59 Å². The van der Waals surface area contributed by atoms with Crippen LogP contribution < -0.4 is 0 Å². The molecule has 2 radical (unpaired) electrons. The third-order valence-corrected chi connectivity index (χ3v) is 5.80. The average molecular weight is 455 g/mol. The minimum absolute atomic E-state index is 0.202. The fourth-order valence-electron chi connectivity index (χ4n) is 2.99. The molecule has 0 amide bonds. The zero-order valence-corrected chi connectivity index (χ0v) is 20.3. The van der Waals surface area contributed by atoms with E-state index in [4.69, 9.17) is 19.6 Å². The van der Waals surface area contributed by atoms with Crippen molar-refractivity contribution in [1.29, 1.82) is 0 Å². The van der Waals surface area contributed by atoms with Crippen molar-refractivity contribution in [2.75, 3.05) is 0 Å². The first kappa shape index (κ1) is 26.6. The molecule has 0 aliphatic carbocycles. The number of rotatable bonds is 11. The second-order valence-electron chi connectivity index (χ2n) is 8.74. The van der Waals surface area contributed by atoms with Gasteiger partial charge in [-0.1, -0.05) is 65.8 Å². The lowest BCUT2D eigenvalue weighted by atomic mass is 9.84. The van der Waals surface area contributed by atoms with Crippen LogP contribution in [0.1, 0.15) is 98.1 Å². The van der Waals surface area contributed by atoms with Crippen molar-refractivity contribution >= 4 is 11.9 Å². The van der Waals surface area contributed by atoms with E-state index in [1.807, 2.05) is 38.1 Å². The zero-order chi connectivity index (χ0) is 24.6.